The first-order chi connectivity index (χ1) is 17.2. The summed E-state index contributed by atoms with van der Waals surface area (Å²) < 4.78 is 41.9. The summed E-state index contributed by atoms with van der Waals surface area (Å²) in [5.74, 6) is 0. The van der Waals surface area contributed by atoms with Crippen molar-refractivity contribution in [2.45, 2.75) is 143 Å². The van der Waals surface area contributed by atoms with Crippen LogP contribution in [0, 0.1) is 0 Å². The van der Waals surface area contributed by atoms with E-state index in [1.54, 1.807) is 6.92 Å². The molecule has 0 radical (unpaired) electrons. The zero-order chi connectivity index (χ0) is 27.4. The molecular weight excluding hydrogens is 502 g/mol. The van der Waals surface area contributed by atoms with Crippen LogP contribution in [0.15, 0.2) is 0 Å². The van der Waals surface area contributed by atoms with E-state index in [1.807, 2.05) is 0 Å². The quantitative estimate of drug-likeness (QED) is 0.0795. The van der Waals surface area contributed by atoms with Crippen LogP contribution >= 0.6 is 15.6 Å². The molecule has 0 rings (SSSR count). The first-order valence-electron chi connectivity index (χ1n) is 14.5. The molecule has 10 heteroatoms. The average molecular weight is 561 g/mol. The predicted octanol–water partition coefficient (Wildman–Crippen LogP) is 9.34. The van der Waals surface area contributed by atoms with Gasteiger partial charge in [-0.3, -0.25) is 18.1 Å². The lowest BCUT2D eigenvalue weighted by Gasteiger charge is -2.12. The first kappa shape index (κ1) is 38.4. The van der Waals surface area contributed by atoms with Crippen molar-refractivity contribution in [1.29, 1.82) is 0 Å². The van der Waals surface area contributed by atoms with Gasteiger partial charge in [0, 0.05) is 0 Å². The molecule has 0 aliphatic rings. The van der Waals surface area contributed by atoms with Crippen molar-refractivity contribution >= 4 is 15.6 Å². The highest BCUT2D eigenvalue weighted by molar-refractivity contribution is 7.47. The summed E-state index contributed by atoms with van der Waals surface area (Å²) in [6, 6.07) is 0. The Kier molecular flexibility index (Phi) is 30.1. The van der Waals surface area contributed by atoms with Gasteiger partial charge in [-0.25, -0.2) is 9.13 Å². The van der Waals surface area contributed by atoms with Gasteiger partial charge in [-0.15, -0.1) is 0 Å². The van der Waals surface area contributed by atoms with E-state index in [0.29, 0.717) is 19.8 Å². The second-order valence-electron chi connectivity index (χ2n) is 9.16. The minimum Gasteiger partial charge on any atom is -0.302 e. The van der Waals surface area contributed by atoms with E-state index in [2.05, 4.69) is 25.3 Å². The Balaban J connectivity index is 0. The number of phosphoric acid groups is 2. The lowest BCUT2D eigenvalue weighted by Crippen LogP contribution is -1.99. The molecule has 0 heterocycles. The van der Waals surface area contributed by atoms with Crippen molar-refractivity contribution in [2.75, 3.05) is 26.4 Å². The highest BCUT2D eigenvalue weighted by atomic mass is 31.2. The molecule has 0 aromatic heterocycles. The number of hydrogen-bond acceptors (Lipinski definition) is 6. The Labute approximate surface area is 222 Å². The Morgan fingerprint density at radius 3 is 0.944 bits per heavy atom. The van der Waals surface area contributed by atoms with E-state index in [4.69, 9.17) is 18.5 Å². The molecule has 0 aromatic rings. The van der Waals surface area contributed by atoms with Crippen molar-refractivity contribution in [3.05, 3.63) is 0 Å². The van der Waals surface area contributed by atoms with Gasteiger partial charge >= 0.3 is 15.6 Å². The van der Waals surface area contributed by atoms with E-state index >= 15 is 0 Å². The summed E-state index contributed by atoms with van der Waals surface area (Å²) in [7, 11) is -7.57. The Morgan fingerprint density at radius 1 is 0.417 bits per heavy atom. The van der Waals surface area contributed by atoms with Crippen LogP contribution in [0.1, 0.15) is 143 Å². The molecule has 0 aliphatic carbocycles. The lowest BCUT2D eigenvalue weighted by atomic mass is 10.1. The molecule has 1 unspecified atom stereocenters. The largest absolute Gasteiger partial charge is 0.472 e. The Hall–Kier alpha value is 0.220. The van der Waals surface area contributed by atoms with Gasteiger partial charge in [0.05, 0.1) is 26.4 Å². The first-order valence-corrected chi connectivity index (χ1v) is 17.5. The van der Waals surface area contributed by atoms with Crippen LogP contribution in [0.2, 0.25) is 0 Å². The molecule has 0 fully saturated rings. The maximum atomic E-state index is 11.6. The molecule has 0 aromatic carbocycles. The summed E-state index contributed by atoms with van der Waals surface area (Å²) in [5.41, 5.74) is 0. The SMILES string of the molecule is CCCCCCCCOP(=O)(O)OCC.CCCCCCCCOP(=O)(O)OCCCCCCCC. The van der Waals surface area contributed by atoms with Crippen molar-refractivity contribution < 1.29 is 37.0 Å². The molecule has 0 saturated carbocycles. The number of rotatable bonds is 26. The summed E-state index contributed by atoms with van der Waals surface area (Å²) in [6.45, 7) is 9.35. The van der Waals surface area contributed by atoms with Gasteiger partial charge in [-0.2, -0.15) is 0 Å². The van der Waals surface area contributed by atoms with Crippen LogP contribution in [-0.4, -0.2) is 36.2 Å². The van der Waals surface area contributed by atoms with Gasteiger partial charge < -0.3 is 9.79 Å². The zero-order valence-electron chi connectivity index (χ0n) is 23.8. The number of unbranched alkanes of at least 4 members (excludes halogenated alkanes) is 15. The molecule has 1 atom stereocenters. The Morgan fingerprint density at radius 2 is 0.667 bits per heavy atom. The van der Waals surface area contributed by atoms with Crippen molar-refractivity contribution in [1.82, 2.24) is 0 Å². The fourth-order valence-corrected chi connectivity index (χ4v) is 4.98. The molecule has 0 saturated heterocycles. The average Bonchev–Trinajstić information content (AvgIpc) is 2.82. The monoisotopic (exact) mass is 560 g/mol. The van der Waals surface area contributed by atoms with Gasteiger partial charge in [0.15, 0.2) is 0 Å². The Bertz CT molecular complexity index is 512. The highest BCUT2D eigenvalue weighted by Gasteiger charge is 2.20. The normalized spacial score (nSPS) is 13.3. The van der Waals surface area contributed by atoms with Gasteiger partial charge in [0.2, 0.25) is 0 Å². The van der Waals surface area contributed by atoms with Crippen LogP contribution in [-0.2, 0) is 27.2 Å². The molecule has 0 amide bonds. The van der Waals surface area contributed by atoms with E-state index in [-0.39, 0.29) is 6.61 Å². The third-order valence-corrected chi connectivity index (χ3v) is 7.66. The van der Waals surface area contributed by atoms with Crippen LogP contribution in [0.25, 0.3) is 0 Å². The van der Waals surface area contributed by atoms with Crippen LogP contribution in [0.4, 0.5) is 0 Å². The molecular formula is C26H58O8P2. The minimum atomic E-state index is -3.82. The van der Waals surface area contributed by atoms with E-state index in [9.17, 15) is 14.0 Å². The second-order valence-corrected chi connectivity index (χ2v) is 12.1. The second kappa shape index (κ2) is 28.2. The van der Waals surface area contributed by atoms with Crippen molar-refractivity contribution in [3.63, 3.8) is 0 Å². The van der Waals surface area contributed by atoms with E-state index in [1.165, 1.54) is 77.0 Å². The van der Waals surface area contributed by atoms with E-state index in [0.717, 1.165) is 38.5 Å². The zero-order valence-corrected chi connectivity index (χ0v) is 25.6. The van der Waals surface area contributed by atoms with Gasteiger partial charge in [-0.1, -0.05) is 117 Å². The lowest BCUT2D eigenvalue weighted by molar-refractivity contribution is 0.145. The summed E-state index contributed by atoms with van der Waals surface area (Å²) in [4.78, 5) is 18.6. The van der Waals surface area contributed by atoms with Crippen LogP contribution < -0.4 is 0 Å². The predicted molar refractivity (Wildman–Crippen MR) is 149 cm³/mol. The molecule has 2 N–H and O–H groups in total. The minimum absolute atomic E-state index is 0.199. The van der Waals surface area contributed by atoms with Crippen molar-refractivity contribution in [2.24, 2.45) is 0 Å². The van der Waals surface area contributed by atoms with Crippen molar-refractivity contribution in [3.8, 4) is 0 Å². The highest BCUT2D eigenvalue weighted by Crippen LogP contribution is 2.44. The molecule has 0 bridgehead atoms. The van der Waals surface area contributed by atoms with Crippen LogP contribution in [0.5, 0.6) is 0 Å². The number of hydrogen-bond donors (Lipinski definition) is 2. The van der Waals surface area contributed by atoms with Gasteiger partial charge in [0.25, 0.3) is 0 Å². The summed E-state index contributed by atoms with van der Waals surface area (Å²) in [5, 5.41) is 0. The maximum Gasteiger partial charge on any atom is 0.472 e. The standard InChI is InChI=1S/C16H35O4P.C10H23O4P/c1-3-5-7-9-11-13-15-19-21(17,18)20-16-14-12-10-8-6-4-2;1-3-5-6-7-8-9-10-14-15(11,12)13-4-2/h3-16H2,1-2H3,(H,17,18);3-10H2,1-2H3,(H,11,12). The maximum absolute atomic E-state index is 11.6. The summed E-state index contributed by atoms with van der Waals surface area (Å²) in [6.07, 6.45) is 20.3. The van der Waals surface area contributed by atoms with E-state index < -0.39 is 15.6 Å². The van der Waals surface area contributed by atoms with Gasteiger partial charge in [-0.05, 0) is 26.2 Å². The van der Waals surface area contributed by atoms with Crippen LogP contribution in [0.3, 0.4) is 0 Å². The third-order valence-electron chi connectivity index (χ3n) is 5.55. The fraction of sp³-hybridized carbons (Fsp3) is 1.00. The summed E-state index contributed by atoms with van der Waals surface area (Å²) >= 11 is 0. The molecule has 0 aliphatic heterocycles. The number of phosphoric ester groups is 2. The third kappa shape index (κ3) is 32.2. The molecule has 36 heavy (non-hydrogen) atoms. The molecule has 8 nitrogen and oxygen atoms in total. The molecule has 220 valence electrons. The topological polar surface area (TPSA) is 112 Å². The molecule has 0 spiro atoms. The van der Waals surface area contributed by atoms with Gasteiger partial charge in [0.1, 0.15) is 0 Å². The fourth-order valence-electron chi connectivity index (χ4n) is 3.42. The smallest absolute Gasteiger partial charge is 0.302 e.